The van der Waals surface area contributed by atoms with Crippen molar-refractivity contribution in [2.24, 2.45) is 0 Å². The number of aryl methyl sites for hydroxylation is 1. The highest BCUT2D eigenvalue weighted by atomic mass is 16.3. The third-order valence-electron chi connectivity index (χ3n) is 3.53. The van der Waals surface area contributed by atoms with Crippen LogP contribution in [-0.2, 0) is 9.59 Å². The molecule has 3 rings (SSSR count). The largest absolute Gasteiger partial charge is 0.377 e. The second-order valence-corrected chi connectivity index (χ2v) is 4.77. The van der Waals surface area contributed by atoms with E-state index < -0.39 is 29.1 Å². The molecule has 0 atom stereocenters. The van der Waals surface area contributed by atoms with Gasteiger partial charge in [-0.05, 0) is 19.1 Å². The summed E-state index contributed by atoms with van der Waals surface area (Å²) in [6.45, 7) is 1.63. The van der Waals surface area contributed by atoms with Gasteiger partial charge in [0.25, 0.3) is 5.56 Å². The molecule has 6 nitrogen and oxygen atoms in total. The van der Waals surface area contributed by atoms with Gasteiger partial charge in [-0.2, -0.15) is 0 Å². The maximum atomic E-state index is 12.4. The van der Waals surface area contributed by atoms with Crippen molar-refractivity contribution in [3.05, 3.63) is 51.9 Å². The van der Waals surface area contributed by atoms with E-state index in [4.69, 9.17) is 0 Å². The fraction of sp³-hybridized carbons (Fsp3) is 0.214. The smallest absolute Gasteiger partial charge is 0.275 e. The van der Waals surface area contributed by atoms with Gasteiger partial charge in [-0.3, -0.25) is 19.5 Å². The predicted octanol–water partition coefficient (Wildman–Crippen LogP) is 0.0703. The van der Waals surface area contributed by atoms with Gasteiger partial charge in [0.2, 0.25) is 0 Å². The van der Waals surface area contributed by atoms with E-state index in [1.165, 1.54) is 4.68 Å². The lowest BCUT2D eigenvalue weighted by Gasteiger charge is -2.26. The molecule has 2 aromatic rings. The van der Waals surface area contributed by atoms with Crippen molar-refractivity contribution in [2.45, 2.75) is 18.9 Å². The molecule has 0 aliphatic heterocycles. The third-order valence-corrected chi connectivity index (χ3v) is 3.53. The summed E-state index contributed by atoms with van der Waals surface area (Å²) >= 11 is 0. The fourth-order valence-electron chi connectivity index (χ4n) is 2.44. The summed E-state index contributed by atoms with van der Waals surface area (Å²) < 4.78 is 1.29. The molecule has 102 valence electrons. The number of carbonyl (C=O) groups is 2. The maximum Gasteiger partial charge on any atom is 0.275 e. The van der Waals surface area contributed by atoms with Crippen LogP contribution >= 0.6 is 0 Å². The van der Waals surface area contributed by atoms with Gasteiger partial charge in [-0.1, -0.05) is 18.2 Å². The van der Waals surface area contributed by atoms with Crippen LogP contribution in [-0.4, -0.2) is 32.6 Å². The number of hydrogen-bond donors (Lipinski definition) is 2. The third kappa shape index (κ3) is 1.58. The molecule has 1 aliphatic carbocycles. The number of aliphatic hydroxyl groups is 1. The molecule has 0 unspecified atom stereocenters. The molecule has 0 saturated heterocycles. The van der Waals surface area contributed by atoms with Crippen molar-refractivity contribution in [2.75, 3.05) is 0 Å². The van der Waals surface area contributed by atoms with Crippen molar-refractivity contribution in [1.82, 2.24) is 9.78 Å². The van der Waals surface area contributed by atoms with Gasteiger partial charge in [-0.15, -0.1) is 0 Å². The van der Waals surface area contributed by atoms with Crippen LogP contribution in [0.5, 0.6) is 0 Å². The number of aromatic amines is 1. The molecular weight excluding hydrogens is 260 g/mol. The zero-order valence-electron chi connectivity index (χ0n) is 10.7. The van der Waals surface area contributed by atoms with Crippen LogP contribution in [0.4, 0.5) is 0 Å². The molecule has 0 bridgehead atoms. The van der Waals surface area contributed by atoms with Gasteiger partial charge in [-0.25, -0.2) is 4.68 Å². The first-order valence-electron chi connectivity index (χ1n) is 6.15. The molecule has 0 amide bonds. The summed E-state index contributed by atoms with van der Waals surface area (Å²) in [6, 6.07) is 8.85. The van der Waals surface area contributed by atoms with Gasteiger partial charge in [0.15, 0.2) is 17.7 Å². The Morgan fingerprint density at radius 1 is 1.10 bits per heavy atom. The van der Waals surface area contributed by atoms with Crippen LogP contribution in [0.25, 0.3) is 5.69 Å². The van der Waals surface area contributed by atoms with Crippen molar-refractivity contribution in [1.29, 1.82) is 0 Å². The lowest BCUT2D eigenvalue weighted by Crippen LogP contribution is -2.52. The van der Waals surface area contributed by atoms with Crippen LogP contribution in [0.3, 0.4) is 0 Å². The highest BCUT2D eigenvalue weighted by Crippen LogP contribution is 2.29. The van der Waals surface area contributed by atoms with E-state index in [0.717, 1.165) is 0 Å². The average molecular weight is 272 g/mol. The number of ketones is 2. The number of H-pyrrole nitrogens is 1. The maximum absolute atomic E-state index is 12.4. The molecule has 6 heteroatoms. The van der Waals surface area contributed by atoms with Gasteiger partial charge in [0.05, 0.1) is 11.3 Å². The first kappa shape index (κ1) is 12.6. The molecule has 0 spiro atoms. The molecular formula is C14H12N2O4. The zero-order valence-corrected chi connectivity index (χ0v) is 10.7. The first-order chi connectivity index (χ1) is 9.52. The second kappa shape index (κ2) is 4.28. The van der Waals surface area contributed by atoms with Gasteiger partial charge in [0, 0.05) is 5.69 Å². The van der Waals surface area contributed by atoms with Crippen LogP contribution in [0.1, 0.15) is 17.2 Å². The molecule has 20 heavy (non-hydrogen) atoms. The minimum Gasteiger partial charge on any atom is -0.377 e. The Kier molecular flexibility index (Phi) is 2.69. The summed E-state index contributed by atoms with van der Waals surface area (Å²) in [5, 5.41) is 12.1. The van der Waals surface area contributed by atoms with E-state index >= 15 is 0 Å². The van der Waals surface area contributed by atoms with E-state index in [2.05, 4.69) is 5.10 Å². The number of Topliss-reactive ketones (excluding diaryl/α,β-unsaturated/α-hetero) is 2. The van der Waals surface area contributed by atoms with E-state index in [9.17, 15) is 19.5 Å². The zero-order chi connectivity index (χ0) is 14.4. The van der Waals surface area contributed by atoms with Crippen molar-refractivity contribution in [3.8, 4) is 5.69 Å². The number of rotatable bonds is 2. The number of para-hydroxylation sites is 1. The highest BCUT2D eigenvalue weighted by Gasteiger charge is 2.51. The molecule has 1 heterocycles. The summed E-state index contributed by atoms with van der Waals surface area (Å²) in [7, 11) is 0. The number of aromatic nitrogens is 2. The van der Waals surface area contributed by atoms with E-state index in [0.29, 0.717) is 11.4 Å². The number of carbonyl (C=O) groups excluding carboxylic acids is 2. The molecule has 1 saturated carbocycles. The van der Waals surface area contributed by atoms with E-state index in [1.807, 2.05) is 6.07 Å². The number of hydrogen-bond acceptors (Lipinski definition) is 4. The second-order valence-electron chi connectivity index (χ2n) is 4.77. The average Bonchev–Trinajstić information content (AvgIpc) is 2.76. The number of nitrogens with zero attached hydrogens (tertiary/aromatic N) is 1. The van der Waals surface area contributed by atoms with Crippen molar-refractivity contribution >= 4 is 11.6 Å². The Labute approximate surface area is 113 Å². The Morgan fingerprint density at radius 2 is 1.70 bits per heavy atom. The minimum absolute atomic E-state index is 0.120. The minimum atomic E-state index is -1.58. The van der Waals surface area contributed by atoms with Crippen LogP contribution in [0.2, 0.25) is 0 Å². The lowest BCUT2D eigenvalue weighted by molar-refractivity contribution is -0.152. The Hall–Kier alpha value is -2.47. The molecule has 0 radical (unpaired) electrons. The SMILES string of the molecule is Cc1[nH]n(-c2ccccc2)c(=O)c1C1C(=O)C(O)C1=O. The highest BCUT2D eigenvalue weighted by molar-refractivity contribution is 6.29. The van der Waals surface area contributed by atoms with Crippen LogP contribution in [0, 0.1) is 6.92 Å². The molecule has 1 aromatic heterocycles. The monoisotopic (exact) mass is 272 g/mol. The number of benzene rings is 1. The Morgan fingerprint density at radius 3 is 2.30 bits per heavy atom. The number of aliphatic hydroxyl groups excluding tert-OH is 1. The predicted molar refractivity (Wildman–Crippen MR) is 69.9 cm³/mol. The normalized spacial score (nSPS) is 21.9. The Bertz CT molecular complexity index is 741. The number of nitrogens with one attached hydrogen (secondary N) is 1. The van der Waals surface area contributed by atoms with Crippen LogP contribution < -0.4 is 5.56 Å². The summed E-state index contributed by atoms with van der Waals surface area (Å²) in [6.07, 6.45) is -1.58. The lowest BCUT2D eigenvalue weighted by atomic mass is 9.75. The summed E-state index contributed by atoms with van der Waals surface area (Å²) in [5.74, 6) is -2.37. The molecule has 2 N–H and O–H groups in total. The standard InChI is InChI=1S/C14H12N2O4/c1-7-9(10-11(17)13(19)12(10)18)14(20)16(15-7)8-5-3-2-4-6-8/h2-6,10,13,15,19H,1H3. The summed E-state index contributed by atoms with van der Waals surface area (Å²) in [5.41, 5.74) is 0.755. The summed E-state index contributed by atoms with van der Waals surface area (Å²) in [4.78, 5) is 35.5. The van der Waals surface area contributed by atoms with Gasteiger partial charge < -0.3 is 5.11 Å². The fourth-order valence-corrected chi connectivity index (χ4v) is 2.44. The first-order valence-corrected chi connectivity index (χ1v) is 6.15. The van der Waals surface area contributed by atoms with Crippen molar-refractivity contribution in [3.63, 3.8) is 0 Å². The van der Waals surface area contributed by atoms with Gasteiger partial charge >= 0.3 is 0 Å². The van der Waals surface area contributed by atoms with E-state index in [1.54, 1.807) is 31.2 Å². The van der Waals surface area contributed by atoms with Gasteiger partial charge in [0.1, 0.15) is 5.92 Å². The molecule has 1 aromatic carbocycles. The van der Waals surface area contributed by atoms with E-state index in [-0.39, 0.29) is 5.56 Å². The quantitative estimate of drug-likeness (QED) is 0.757. The molecule has 1 fully saturated rings. The topological polar surface area (TPSA) is 92.2 Å². The van der Waals surface area contributed by atoms with Crippen LogP contribution in [0.15, 0.2) is 35.1 Å². The molecule has 1 aliphatic rings. The Balaban J connectivity index is 2.12. The van der Waals surface area contributed by atoms with Crippen molar-refractivity contribution < 1.29 is 14.7 Å².